The summed E-state index contributed by atoms with van der Waals surface area (Å²) in [6.45, 7) is 7.86. The third kappa shape index (κ3) is 6.16. The van der Waals surface area contributed by atoms with Crippen molar-refractivity contribution in [3.8, 4) is 5.75 Å². The van der Waals surface area contributed by atoms with Gasteiger partial charge in [-0.3, -0.25) is 4.99 Å². The van der Waals surface area contributed by atoms with Gasteiger partial charge in [-0.15, -0.1) is 0 Å². The van der Waals surface area contributed by atoms with E-state index in [1.54, 1.807) is 13.0 Å². The molecular formula is C14H23N2OZn-. The summed E-state index contributed by atoms with van der Waals surface area (Å²) in [5.41, 5.74) is 0.788. The summed E-state index contributed by atoms with van der Waals surface area (Å²) < 4.78 is 0. The Balaban J connectivity index is 0. The molecule has 1 aromatic rings. The zero-order valence-corrected chi connectivity index (χ0v) is 14.9. The summed E-state index contributed by atoms with van der Waals surface area (Å²) in [7, 11) is 3.86. The van der Waals surface area contributed by atoms with Crippen LogP contribution in [0.3, 0.4) is 0 Å². The molecule has 0 heterocycles. The molecule has 0 aliphatic carbocycles. The first-order chi connectivity index (χ1) is 8.16. The first-order valence-electron chi connectivity index (χ1n) is 5.87. The number of phenolic OH excluding ortho intramolecular Hbond substituents is 1. The van der Waals surface area contributed by atoms with Crippen molar-refractivity contribution in [2.45, 2.75) is 20.3 Å². The first-order valence-corrected chi connectivity index (χ1v) is 5.87. The second kappa shape index (κ2) is 11.2. The van der Waals surface area contributed by atoms with Crippen LogP contribution < -0.4 is 0 Å². The fraction of sp³-hybridized carbons (Fsp3) is 0.429. The van der Waals surface area contributed by atoms with Gasteiger partial charge in [0.25, 0.3) is 0 Å². The normalized spacial score (nSPS) is 9.94. The molecule has 0 saturated heterocycles. The molecule has 1 rings (SSSR count). The van der Waals surface area contributed by atoms with Crippen molar-refractivity contribution < 1.29 is 24.6 Å². The minimum absolute atomic E-state index is 0. The number of hydrogen-bond acceptors (Lipinski definition) is 2. The molecule has 3 nitrogen and oxygen atoms in total. The standard InChI is InChI=1S/C12H18N2O.C2H5.Zn/c1-4-9-13-12(14(2)3)10-7-5-6-8-11(10)15;1-2;/h5-8,15H,4,9H2,1-3H3;1H2,2H3;/q;-1;. The van der Waals surface area contributed by atoms with E-state index in [1.807, 2.05) is 37.2 Å². The maximum atomic E-state index is 9.72. The zero-order valence-electron chi connectivity index (χ0n) is 12.0. The molecule has 0 fully saturated rings. The van der Waals surface area contributed by atoms with Crippen LogP contribution in [-0.2, 0) is 19.5 Å². The van der Waals surface area contributed by atoms with E-state index in [1.165, 1.54) is 0 Å². The molecule has 0 saturated carbocycles. The molecule has 0 unspecified atom stereocenters. The van der Waals surface area contributed by atoms with Crippen molar-refractivity contribution in [2.75, 3.05) is 20.6 Å². The molecular weight excluding hydrogens is 278 g/mol. The number of para-hydroxylation sites is 1. The predicted octanol–water partition coefficient (Wildman–Crippen LogP) is 2.95. The van der Waals surface area contributed by atoms with Gasteiger partial charge in [0, 0.05) is 40.1 Å². The third-order valence-electron chi connectivity index (χ3n) is 2.05. The van der Waals surface area contributed by atoms with Crippen LogP contribution in [0.15, 0.2) is 29.3 Å². The van der Waals surface area contributed by atoms with Gasteiger partial charge in [-0.1, -0.05) is 19.1 Å². The number of benzene rings is 1. The molecule has 1 N–H and O–H groups in total. The molecule has 98 valence electrons. The average Bonchev–Trinajstić information content (AvgIpc) is 2.34. The molecule has 0 radical (unpaired) electrons. The fourth-order valence-electron chi connectivity index (χ4n) is 1.35. The Hall–Kier alpha value is -0.887. The molecule has 0 aromatic heterocycles. The second-order valence-electron chi connectivity index (χ2n) is 3.62. The largest absolute Gasteiger partial charge is 0.507 e. The third-order valence-corrected chi connectivity index (χ3v) is 2.05. The molecule has 1 aromatic carbocycles. The van der Waals surface area contributed by atoms with E-state index in [0.717, 1.165) is 24.4 Å². The van der Waals surface area contributed by atoms with Crippen molar-refractivity contribution in [1.82, 2.24) is 4.90 Å². The van der Waals surface area contributed by atoms with Gasteiger partial charge in [0.15, 0.2) is 0 Å². The minimum Gasteiger partial charge on any atom is -0.507 e. The number of amidine groups is 1. The van der Waals surface area contributed by atoms with E-state index in [2.05, 4.69) is 18.8 Å². The summed E-state index contributed by atoms with van der Waals surface area (Å²) in [5, 5.41) is 9.72. The number of nitrogens with zero attached hydrogens (tertiary/aromatic N) is 2. The fourth-order valence-corrected chi connectivity index (χ4v) is 1.35. The summed E-state index contributed by atoms with van der Waals surface area (Å²) in [6.07, 6.45) is 1.00. The van der Waals surface area contributed by atoms with Gasteiger partial charge < -0.3 is 16.9 Å². The quantitative estimate of drug-likeness (QED) is 0.403. The van der Waals surface area contributed by atoms with Crippen LogP contribution in [-0.4, -0.2) is 36.5 Å². The molecule has 0 atom stereocenters. The Morgan fingerprint density at radius 1 is 1.28 bits per heavy atom. The number of rotatable bonds is 3. The van der Waals surface area contributed by atoms with Crippen molar-refractivity contribution in [3.05, 3.63) is 36.8 Å². The maximum Gasteiger partial charge on any atom is 0.134 e. The summed E-state index contributed by atoms with van der Waals surface area (Å²) in [4.78, 5) is 6.38. The Morgan fingerprint density at radius 2 is 1.83 bits per heavy atom. The number of aliphatic imine (C=N–C) groups is 1. The van der Waals surface area contributed by atoms with E-state index in [0.29, 0.717) is 0 Å². The van der Waals surface area contributed by atoms with Crippen molar-refractivity contribution in [1.29, 1.82) is 0 Å². The smallest absolute Gasteiger partial charge is 0.134 e. The monoisotopic (exact) mass is 299 g/mol. The molecule has 4 heteroatoms. The number of hydrogen-bond donors (Lipinski definition) is 1. The van der Waals surface area contributed by atoms with Crippen molar-refractivity contribution >= 4 is 5.84 Å². The average molecular weight is 301 g/mol. The van der Waals surface area contributed by atoms with Gasteiger partial charge in [0.05, 0.1) is 5.56 Å². The van der Waals surface area contributed by atoms with Crippen LogP contribution in [0, 0.1) is 6.92 Å². The summed E-state index contributed by atoms with van der Waals surface area (Å²) in [5.74, 6) is 1.11. The Bertz CT molecular complexity index is 351. The van der Waals surface area contributed by atoms with Crippen molar-refractivity contribution in [2.24, 2.45) is 4.99 Å². The molecule has 0 bridgehead atoms. The first kappa shape index (κ1) is 19.5. The van der Waals surface area contributed by atoms with E-state index < -0.39 is 0 Å². The number of aromatic hydroxyl groups is 1. The second-order valence-corrected chi connectivity index (χ2v) is 3.62. The van der Waals surface area contributed by atoms with E-state index in [4.69, 9.17) is 0 Å². The van der Waals surface area contributed by atoms with E-state index in [-0.39, 0.29) is 25.2 Å². The van der Waals surface area contributed by atoms with Crippen LogP contribution in [0.5, 0.6) is 5.75 Å². The Labute approximate surface area is 124 Å². The van der Waals surface area contributed by atoms with Crippen LogP contribution >= 0.6 is 0 Å². The zero-order chi connectivity index (χ0) is 13.3. The SMILES string of the molecule is CCCN=C(c1ccccc1O)N(C)C.[CH2-]C.[Zn]. The van der Waals surface area contributed by atoms with Crippen LogP contribution in [0.2, 0.25) is 0 Å². The van der Waals surface area contributed by atoms with Gasteiger partial charge in [-0.2, -0.15) is 6.92 Å². The van der Waals surface area contributed by atoms with Gasteiger partial charge in [-0.05, 0) is 18.6 Å². The van der Waals surface area contributed by atoms with Crippen LogP contribution in [0.1, 0.15) is 25.8 Å². The van der Waals surface area contributed by atoms with E-state index in [9.17, 15) is 5.11 Å². The Morgan fingerprint density at radius 3 is 2.28 bits per heavy atom. The van der Waals surface area contributed by atoms with Gasteiger partial charge in [0.1, 0.15) is 11.6 Å². The summed E-state index contributed by atoms with van der Waals surface area (Å²) in [6, 6.07) is 7.27. The molecule has 0 aliphatic rings. The van der Waals surface area contributed by atoms with Gasteiger partial charge in [0.2, 0.25) is 0 Å². The van der Waals surface area contributed by atoms with Crippen LogP contribution in [0.25, 0.3) is 0 Å². The minimum atomic E-state index is 0. The number of phenols is 1. The van der Waals surface area contributed by atoms with Crippen LogP contribution in [0.4, 0.5) is 0 Å². The van der Waals surface area contributed by atoms with Crippen molar-refractivity contribution in [3.63, 3.8) is 0 Å². The predicted molar refractivity (Wildman–Crippen MR) is 74.5 cm³/mol. The van der Waals surface area contributed by atoms with Gasteiger partial charge in [-0.25, -0.2) is 0 Å². The molecule has 0 amide bonds. The maximum absolute atomic E-state index is 9.72. The summed E-state index contributed by atoms with van der Waals surface area (Å²) >= 11 is 0. The topological polar surface area (TPSA) is 35.8 Å². The molecule has 18 heavy (non-hydrogen) atoms. The Kier molecular flexibility index (Phi) is 12.1. The van der Waals surface area contributed by atoms with E-state index >= 15 is 0 Å². The molecule has 0 aliphatic heterocycles. The van der Waals surface area contributed by atoms with Gasteiger partial charge >= 0.3 is 0 Å². The molecule has 0 spiro atoms.